The molecule has 1 saturated heterocycles. The number of carbonyl (C=O) groups excluding carboxylic acids is 1. The molecule has 1 amide bonds. The molecule has 3 N–H and O–H groups in total. The summed E-state index contributed by atoms with van der Waals surface area (Å²) in [6.45, 7) is 2.42. The first-order valence-electron chi connectivity index (χ1n) is 7.63. The second-order valence-corrected chi connectivity index (χ2v) is 5.46. The van der Waals surface area contributed by atoms with Crippen molar-refractivity contribution in [1.29, 1.82) is 0 Å². The van der Waals surface area contributed by atoms with Crippen molar-refractivity contribution in [3.05, 3.63) is 0 Å². The maximum atomic E-state index is 11.5. The van der Waals surface area contributed by atoms with Gasteiger partial charge < -0.3 is 20.7 Å². The molecule has 2 fully saturated rings. The molecule has 1 atom stereocenters. The van der Waals surface area contributed by atoms with Gasteiger partial charge in [-0.15, -0.1) is 24.0 Å². The molecule has 1 heterocycles. The SMILES string of the molecule is CN=C(NCCCC(=O)NC1CC1)NCC1CCCO1.I. The van der Waals surface area contributed by atoms with E-state index in [2.05, 4.69) is 20.9 Å². The van der Waals surface area contributed by atoms with Gasteiger partial charge in [-0.05, 0) is 32.1 Å². The van der Waals surface area contributed by atoms with Gasteiger partial charge in [0.2, 0.25) is 5.91 Å². The Labute approximate surface area is 143 Å². The van der Waals surface area contributed by atoms with Crippen LogP contribution in [-0.4, -0.2) is 50.8 Å². The summed E-state index contributed by atoms with van der Waals surface area (Å²) in [5.74, 6) is 0.944. The van der Waals surface area contributed by atoms with E-state index in [1.807, 2.05) is 0 Å². The van der Waals surface area contributed by atoms with Crippen molar-refractivity contribution in [3.8, 4) is 0 Å². The Bertz CT molecular complexity index is 342. The summed E-state index contributed by atoms with van der Waals surface area (Å²) < 4.78 is 5.55. The second kappa shape index (κ2) is 10.2. The summed E-state index contributed by atoms with van der Waals surface area (Å²) in [6.07, 6.45) is 6.25. The van der Waals surface area contributed by atoms with Gasteiger partial charge >= 0.3 is 0 Å². The third-order valence-corrected chi connectivity index (χ3v) is 3.56. The molecule has 1 unspecified atom stereocenters. The molecule has 0 radical (unpaired) electrons. The van der Waals surface area contributed by atoms with E-state index in [0.717, 1.165) is 57.8 Å². The third-order valence-electron chi connectivity index (χ3n) is 3.56. The third kappa shape index (κ3) is 7.85. The Hall–Kier alpha value is -0.570. The first kappa shape index (κ1) is 18.5. The molecule has 1 saturated carbocycles. The lowest BCUT2D eigenvalue weighted by molar-refractivity contribution is -0.121. The van der Waals surface area contributed by atoms with Crippen LogP contribution in [0.2, 0.25) is 0 Å². The predicted octanol–water partition coefficient (Wildman–Crippen LogP) is 1.01. The van der Waals surface area contributed by atoms with Gasteiger partial charge in [-0.25, -0.2) is 0 Å². The number of carbonyl (C=O) groups is 1. The highest BCUT2D eigenvalue weighted by atomic mass is 127. The van der Waals surface area contributed by atoms with Gasteiger partial charge in [0, 0.05) is 39.2 Å². The minimum atomic E-state index is 0. The number of hydrogen-bond donors (Lipinski definition) is 3. The molecule has 2 aliphatic rings. The van der Waals surface area contributed by atoms with Gasteiger partial charge in [-0.3, -0.25) is 9.79 Å². The average Bonchev–Trinajstić information content (AvgIpc) is 3.10. The van der Waals surface area contributed by atoms with Crippen LogP contribution in [0.15, 0.2) is 4.99 Å². The maximum Gasteiger partial charge on any atom is 0.220 e. The van der Waals surface area contributed by atoms with Crippen LogP contribution in [0.4, 0.5) is 0 Å². The molecule has 0 aromatic rings. The zero-order chi connectivity index (χ0) is 14.2. The standard InChI is InChI=1S/C14H26N4O2.HI/c1-15-14(17-10-12-4-3-9-20-12)16-8-2-5-13(19)18-11-6-7-11;/h11-12H,2-10H2,1H3,(H,18,19)(H2,15,16,17);1H. The normalized spacial score (nSPS) is 21.6. The Morgan fingerprint density at radius 2 is 2.10 bits per heavy atom. The second-order valence-electron chi connectivity index (χ2n) is 5.46. The Kier molecular flexibility index (Phi) is 8.98. The molecule has 6 nitrogen and oxygen atoms in total. The number of nitrogens with zero attached hydrogens (tertiary/aromatic N) is 1. The fourth-order valence-corrected chi connectivity index (χ4v) is 2.22. The molecule has 2 rings (SSSR count). The molecule has 0 aromatic carbocycles. The molecule has 7 heteroatoms. The molecule has 1 aliphatic heterocycles. The lowest BCUT2D eigenvalue weighted by Gasteiger charge is -2.14. The summed E-state index contributed by atoms with van der Waals surface area (Å²) in [5, 5.41) is 9.47. The molecule has 1 aliphatic carbocycles. The number of guanidine groups is 1. The van der Waals surface area contributed by atoms with E-state index in [1.54, 1.807) is 7.05 Å². The van der Waals surface area contributed by atoms with Crippen LogP contribution in [-0.2, 0) is 9.53 Å². The fourth-order valence-electron chi connectivity index (χ4n) is 2.22. The molecule has 0 bridgehead atoms. The minimum Gasteiger partial charge on any atom is -0.376 e. The molecule has 0 spiro atoms. The van der Waals surface area contributed by atoms with E-state index in [-0.39, 0.29) is 29.9 Å². The quantitative estimate of drug-likeness (QED) is 0.254. The van der Waals surface area contributed by atoms with Crippen LogP contribution in [0, 0.1) is 0 Å². The van der Waals surface area contributed by atoms with Crippen LogP contribution in [0.25, 0.3) is 0 Å². The van der Waals surface area contributed by atoms with E-state index in [1.165, 1.54) is 0 Å². The highest BCUT2D eigenvalue weighted by molar-refractivity contribution is 14.0. The minimum absolute atomic E-state index is 0. The molecular formula is C14H27IN4O2. The number of ether oxygens (including phenoxy) is 1. The summed E-state index contributed by atoms with van der Waals surface area (Å²) in [6, 6.07) is 0.455. The van der Waals surface area contributed by atoms with Gasteiger partial charge in [0.25, 0.3) is 0 Å². The largest absolute Gasteiger partial charge is 0.376 e. The van der Waals surface area contributed by atoms with Crippen molar-refractivity contribution in [2.45, 2.75) is 50.7 Å². The number of aliphatic imine (C=N–C) groups is 1. The zero-order valence-corrected chi connectivity index (χ0v) is 15.0. The Morgan fingerprint density at radius 3 is 2.71 bits per heavy atom. The van der Waals surface area contributed by atoms with Gasteiger partial charge in [0.05, 0.1) is 6.10 Å². The van der Waals surface area contributed by atoms with Crippen molar-refractivity contribution < 1.29 is 9.53 Å². The number of rotatable bonds is 7. The van der Waals surface area contributed by atoms with E-state index in [0.29, 0.717) is 18.6 Å². The Balaban J connectivity index is 0.00000220. The van der Waals surface area contributed by atoms with Gasteiger partial charge in [0.1, 0.15) is 0 Å². The van der Waals surface area contributed by atoms with Crippen molar-refractivity contribution in [3.63, 3.8) is 0 Å². The molecule has 122 valence electrons. The van der Waals surface area contributed by atoms with Crippen LogP contribution in [0.3, 0.4) is 0 Å². The van der Waals surface area contributed by atoms with Gasteiger partial charge in [0.15, 0.2) is 5.96 Å². The number of amides is 1. The first-order chi connectivity index (χ1) is 9.78. The summed E-state index contributed by atoms with van der Waals surface area (Å²) in [7, 11) is 1.75. The molecular weight excluding hydrogens is 383 g/mol. The fraction of sp³-hybridized carbons (Fsp3) is 0.857. The van der Waals surface area contributed by atoms with Crippen LogP contribution >= 0.6 is 24.0 Å². The lowest BCUT2D eigenvalue weighted by Crippen LogP contribution is -2.41. The zero-order valence-electron chi connectivity index (χ0n) is 12.7. The molecule has 21 heavy (non-hydrogen) atoms. The number of hydrogen-bond acceptors (Lipinski definition) is 3. The number of nitrogens with one attached hydrogen (secondary N) is 3. The van der Waals surface area contributed by atoms with Crippen LogP contribution in [0.1, 0.15) is 38.5 Å². The van der Waals surface area contributed by atoms with E-state index < -0.39 is 0 Å². The number of halogens is 1. The van der Waals surface area contributed by atoms with Gasteiger partial charge in [-0.2, -0.15) is 0 Å². The van der Waals surface area contributed by atoms with Crippen molar-refractivity contribution >= 4 is 35.8 Å². The van der Waals surface area contributed by atoms with E-state index >= 15 is 0 Å². The highest BCUT2D eigenvalue weighted by Crippen LogP contribution is 2.18. The highest BCUT2D eigenvalue weighted by Gasteiger charge is 2.22. The van der Waals surface area contributed by atoms with E-state index in [4.69, 9.17) is 4.74 Å². The Morgan fingerprint density at radius 1 is 1.29 bits per heavy atom. The van der Waals surface area contributed by atoms with Crippen molar-refractivity contribution in [1.82, 2.24) is 16.0 Å². The molecule has 0 aromatic heterocycles. The monoisotopic (exact) mass is 410 g/mol. The summed E-state index contributed by atoms with van der Waals surface area (Å²) >= 11 is 0. The average molecular weight is 410 g/mol. The maximum absolute atomic E-state index is 11.5. The summed E-state index contributed by atoms with van der Waals surface area (Å²) in [4.78, 5) is 15.7. The van der Waals surface area contributed by atoms with Gasteiger partial charge in [-0.1, -0.05) is 0 Å². The van der Waals surface area contributed by atoms with Crippen LogP contribution in [0.5, 0.6) is 0 Å². The topological polar surface area (TPSA) is 74.8 Å². The van der Waals surface area contributed by atoms with Crippen molar-refractivity contribution in [2.75, 3.05) is 26.7 Å². The first-order valence-corrected chi connectivity index (χ1v) is 7.63. The van der Waals surface area contributed by atoms with Crippen molar-refractivity contribution in [2.24, 2.45) is 4.99 Å². The van der Waals surface area contributed by atoms with Crippen LogP contribution < -0.4 is 16.0 Å². The summed E-state index contributed by atoms with van der Waals surface area (Å²) in [5.41, 5.74) is 0. The lowest BCUT2D eigenvalue weighted by atomic mass is 10.2. The predicted molar refractivity (Wildman–Crippen MR) is 94.2 cm³/mol. The smallest absolute Gasteiger partial charge is 0.220 e. The van der Waals surface area contributed by atoms with E-state index in [9.17, 15) is 4.79 Å².